The van der Waals surface area contributed by atoms with Crippen molar-refractivity contribution >= 4 is 23.2 Å². The fraction of sp³-hybridized carbons (Fsp3) is 1.00. The third-order valence-electron chi connectivity index (χ3n) is 3.97. The number of hydrogen-bond donors (Lipinski definition) is 0. The molecule has 0 N–H and O–H groups in total. The number of rotatable bonds is 4. The molecule has 0 amide bonds. The van der Waals surface area contributed by atoms with Crippen molar-refractivity contribution < 1.29 is 4.74 Å². The fourth-order valence-electron chi connectivity index (χ4n) is 3.14. The van der Waals surface area contributed by atoms with Crippen molar-refractivity contribution in [2.24, 2.45) is 5.92 Å². The molecule has 3 aliphatic rings. The quantitative estimate of drug-likeness (QED) is 0.669. The molecule has 3 heteroatoms. The summed E-state index contributed by atoms with van der Waals surface area (Å²) in [7, 11) is 0. The Morgan fingerprint density at radius 2 is 2.00 bits per heavy atom. The Balaban J connectivity index is 1.94. The smallest absolute Gasteiger partial charge is 0.120 e. The summed E-state index contributed by atoms with van der Waals surface area (Å²) in [4.78, 5) is 0. The highest BCUT2D eigenvalue weighted by Gasteiger charge is 2.38. The molecule has 94 valence electrons. The first kappa shape index (κ1) is 13.0. The number of alkyl halides is 2. The molecular weight excluding hydrogens is 243 g/mol. The summed E-state index contributed by atoms with van der Waals surface area (Å²) in [6, 6.07) is 0. The molecule has 1 saturated carbocycles. The van der Waals surface area contributed by atoms with Crippen molar-refractivity contribution in [2.75, 3.05) is 0 Å². The van der Waals surface area contributed by atoms with Crippen molar-refractivity contribution in [1.29, 1.82) is 0 Å². The maximum Gasteiger partial charge on any atom is 0.120 e. The molecule has 3 fully saturated rings. The predicted molar refractivity (Wildman–Crippen MR) is 69.2 cm³/mol. The van der Waals surface area contributed by atoms with E-state index in [0.717, 1.165) is 19.3 Å². The van der Waals surface area contributed by atoms with Crippen molar-refractivity contribution in [1.82, 2.24) is 0 Å². The van der Waals surface area contributed by atoms with E-state index in [2.05, 4.69) is 6.92 Å². The minimum atomic E-state index is -0.579. The number of halogens is 2. The third kappa shape index (κ3) is 3.27. The zero-order valence-electron chi connectivity index (χ0n) is 10.1. The summed E-state index contributed by atoms with van der Waals surface area (Å²) in [6.07, 6.45) is 9.91. The van der Waals surface area contributed by atoms with E-state index in [1.165, 1.54) is 32.1 Å². The number of fused-ring (bicyclic) bond motifs is 4. The van der Waals surface area contributed by atoms with E-state index < -0.39 is 4.33 Å². The van der Waals surface area contributed by atoms with E-state index in [-0.39, 0.29) is 0 Å². The molecular formula is C13H22Cl2O. The lowest BCUT2D eigenvalue weighted by Gasteiger charge is -2.36. The van der Waals surface area contributed by atoms with E-state index in [1.807, 2.05) is 0 Å². The summed E-state index contributed by atoms with van der Waals surface area (Å²) >= 11 is 12.7. The fourth-order valence-corrected chi connectivity index (χ4v) is 3.82. The van der Waals surface area contributed by atoms with E-state index >= 15 is 0 Å². The first-order valence-corrected chi connectivity index (χ1v) is 7.39. The highest BCUT2D eigenvalue weighted by Crippen LogP contribution is 2.42. The van der Waals surface area contributed by atoms with E-state index in [4.69, 9.17) is 27.9 Å². The van der Waals surface area contributed by atoms with Gasteiger partial charge in [0, 0.05) is 6.42 Å². The molecule has 2 heterocycles. The molecule has 0 radical (unpaired) electrons. The highest BCUT2D eigenvalue weighted by molar-refractivity contribution is 6.48. The van der Waals surface area contributed by atoms with Crippen LogP contribution in [0.25, 0.3) is 0 Å². The van der Waals surface area contributed by atoms with Crippen LogP contribution in [-0.4, -0.2) is 16.5 Å². The number of hydrogen-bond acceptors (Lipinski definition) is 1. The molecule has 3 unspecified atom stereocenters. The van der Waals surface area contributed by atoms with Gasteiger partial charge in [-0.05, 0) is 38.0 Å². The van der Waals surface area contributed by atoms with Gasteiger partial charge in [-0.2, -0.15) is 0 Å². The molecule has 0 aromatic heterocycles. The minimum Gasteiger partial charge on any atom is -0.375 e. The Labute approximate surface area is 109 Å². The Morgan fingerprint density at radius 3 is 2.75 bits per heavy atom. The Bertz CT molecular complexity index is 226. The molecule has 16 heavy (non-hydrogen) atoms. The van der Waals surface area contributed by atoms with Crippen LogP contribution in [0, 0.1) is 5.92 Å². The molecule has 0 aromatic carbocycles. The van der Waals surface area contributed by atoms with Gasteiger partial charge in [0.1, 0.15) is 4.33 Å². The lowest BCUT2D eigenvalue weighted by molar-refractivity contribution is -0.0756. The van der Waals surface area contributed by atoms with Gasteiger partial charge < -0.3 is 4.74 Å². The van der Waals surface area contributed by atoms with Crippen LogP contribution in [0.2, 0.25) is 0 Å². The monoisotopic (exact) mass is 264 g/mol. The molecule has 1 nitrogen and oxygen atoms in total. The van der Waals surface area contributed by atoms with Crippen molar-refractivity contribution in [3.05, 3.63) is 0 Å². The third-order valence-corrected chi connectivity index (χ3v) is 4.66. The van der Waals surface area contributed by atoms with Gasteiger partial charge in [0.05, 0.1) is 12.2 Å². The molecule has 0 spiro atoms. The molecule has 3 rings (SSSR count). The number of ether oxygens (including phenoxy) is 1. The van der Waals surface area contributed by atoms with Crippen LogP contribution in [0.3, 0.4) is 0 Å². The second-order valence-electron chi connectivity index (χ2n) is 5.37. The van der Waals surface area contributed by atoms with Crippen LogP contribution < -0.4 is 0 Å². The second-order valence-corrected chi connectivity index (χ2v) is 7.02. The van der Waals surface area contributed by atoms with Gasteiger partial charge in [-0.3, -0.25) is 0 Å². The van der Waals surface area contributed by atoms with Crippen LogP contribution in [0.5, 0.6) is 0 Å². The molecule has 2 bridgehead atoms. The lowest BCUT2D eigenvalue weighted by atomic mass is 9.88. The summed E-state index contributed by atoms with van der Waals surface area (Å²) in [5.41, 5.74) is 0. The van der Waals surface area contributed by atoms with Crippen LogP contribution in [0.15, 0.2) is 0 Å². The maximum atomic E-state index is 6.35. The van der Waals surface area contributed by atoms with Gasteiger partial charge in [-0.1, -0.05) is 19.8 Å². The predicted octanol–water partition coefficient (Wildman–Crippen LogP) is 4.70. The molecule has 3 atom stereocenters. The first-order chi connectivity index (χ1) is 7.61. The van der Waals surface area contributed by atoms with Crippen molar-refractivity contribution in [3.63, 3.8) is 0 Å². The van der Waals surface area contributed by atoms with E-state index in [1.54, 1.807) is 0 Å². The van der Waals surface area contributed by atoms with Crippen LogP contribution in [0.1, 0.15) is 58.3 Å². The summed E-state index contributed by atoms with van der Waals surface area (Å²) in [5, 5.41) is 0. The lowest BCUT2D eigenvalue weighted by Crippen LogP contribution is -2.36. The summed E-state index contributed by atoms with van der Waals surface area (Å²) in [6.45, 7) is 2.12. The Hall–Kier alpha value is 0.540. The average molecular weight is 265 g/mol. The minimum absolute atomic E-state index is 0.308. The van der Waals surface area contributed by atoms with Crippen molar-refractivity contribution in [2.45, 2.75) is 74.8 Å². The van der Waals surface area contributed by atoms with Gasteiger partial charge >= 0.3 is 0 Å². The standard InChI is InChI=1S/C13H22Cl2O/c1-2-8-13(14,15)9-12-10-4-3-5-11(16-12)7-6-10/h10-12H,2-9H2,1H3. The van der Waals surface area contributed by atoms with Crippen LogP contribution in [0.4, 0.5) is 0 Å². The summed E-state index contributed by atoms with van der Waals surface area (Å²) in [5.74, 6) is 0.701. The van der Waals surface area contributed by atoms with Crippen molar-refractivity contribution in [3.8, 4) is 0 Å². The average Bonchev–Trinajstić information content (AvgIpc) is 2.51. The summed E-state index contributed by atoms with van der Waals surface area (Å²) < 4.78 is 5.54. The first-order valence-electron chi connectivity index (χ1n) is 6.64. The highest BCUT2D eigenvalue weighted by atomic mass is 35.5. The second kappa shape index (κ2) is 5.46. The zero-order valence-corrected chi connectivity index (χ0v) is 11.6. The van der Waals surface area contributed by atoms with Gasteiger partial charge in [0.15, 0.2) is 0 Å². The van der Waals surface area contributed by atoms with Gasteiger partial charge in [0.25, 0.3) is 0 Å². The van der Waals surface area contributed by atoms with Crippen LogP contribution in [-0.2, 0) is 4.74 Å². The largest absolute Gasteiger partial charge is 0.375 e. The molecule has 0 aromatic rings. The van der Waals surface area contributed by atoms with Gasteiger partial charge in [-0.15, -0.1) is 23.2 Å². The molecule has 1 aliphatic carbocycles. The normalized spacial score (nSPS) is 35.1. The van der Waals surface area contributed by atoms with Gasteiger partial charge in [-0.25, -0.2) is 0 Å². The SMILES string of the molecule is CCCC(Cl)(Cl)CC1OC2CCCC1CC2. The van der Waals surface area contributed by atoms with Crippen LogP contribution >= 0.6 is 23.2 Å². The Morgan fingerprint density at radius 1 is 1.19 bits per heavy atom. The van der Waals surface area contributed by atoms with E-state index in [0.29, 0.717) is 18.1 Å². The molecule has 2 aliphatic heterocycles. The van der Waals surface area contributed by atoms with E-state index in [9.17, 15) is 0 Å². The Kier molecular flexibility index (Phi) is 4.43. The van der Waals surface area contributed by atoms with Gasteiger partial charge in [0.2, 0.25) is 0 Å². The molecule has 2 saturated heterocycles. The zero-order chi connectivity index (χ0) is 11.6. The maximum absolute atomic E-state index is 6.35. The topological polar surface area (TPSA) is 9.23 Å².